The molecule has 0 fully saturated rings. The van der Waals surface area contributed by atoms with Gasteiger partial charge in [-0.05, 0) is 72.2 Å². The molecule has 5 aromatic rings. The first kappa shape index (κ1) is 30.5. The number of benzene rings is 5. The van der Waals surface area contributed by atoms with Gasteiger partial charge in [-0.1, -0.05) is 97.8 Å². The van der Waals surface area contributed by atoms with Crippen LogP contribution in [0.15, 0.2) is 121 Å². The second-order valence-corrected chi connectivity index (χ2v) is 13.2. The second-order valence-electron chi connectivity index (χ2n) is 13.2. The Balaban J connectivity index is 1.08. The smallest absolute Gasteiger partial charge is 0.155 e. The van der Waals surface area contributed by atoms with Crippen molar-refractivity contribution in [3.63, 3.8) is 0 Å². The average Bonchev–Trinajstić information content (AvgIpc) is 3.58. The summed E-state index contributed by atoms with van der Waals surface area (Å²) in [5.74, 6) is 2.71. The zero-order chi connectivity index (χ0) is 32.6. The first-order chi connectivity index (χ1) is 23.5. The molecule has 8 bridgehead atoms. The number of rotatable bonds is 2. The van der Waals surface area contributed by atoms with E-state index < -0.39 is 23.4 Å². The Labute approximate surface area is 281 Å². The van der Waals surface area contributed by atoms with E-state index in [1.807, 2.05) is 121 Å². The van der Waals surface area contributed by atoms with Crippen molar-refractivity contribution in [2.45, 2.75) is 75.1 Å². The highest BCUT2D eigenvalue weighted by atomic mass is 16.5. The molecular weight excluding hydrogens is 600 g/mol. The van der Waals surface area contributed by atoms with Crippen LogP contribution in [0.3, 0.4) is 0 Å². The van der Waals surface area contributed by atoms with Gasteiger partial charge < -0.3 is 29.2 Å². The Morgan fingerprint density at radius 1 is 0.479 bits per heavy atom. The lowest BCUT2D eigenvalue weighted by Crippen LogP contribution is -2.39. The van der Waals surface area contributed by atoms with Crippen LogP contribution >= 0.6 is 0 Å². The number of hydrogen-bond donors (Lipinski definition) is 2. The minimum atomic E-state index is -1.26. The molecule has 0 amide bonds. The summed E-state index contributed by atoms with van der Waals surface area (Å²) in [5, 5.41) is 24.6. The zero-order valence-corrected chi connectivity index (χ0v) is 26.9. The molecule has 0 aliphatic carbocycles. The average molecular weight is 641 g/mol. The zero-order valence-electron chi connectivity index (χ0n) is 26.9. The molecule has 48 heavy (non-hydrogen) atoms. The predicted octanol–water partition coefficient (Wildman–Crippen LogP) is 8.19. The van der Waals surface area contributed by atoms with E-state index in [2.05, 4.69) is 0 Å². The largest absolute Gasteiger partial charge is 0.489 e. The highest BCUT2D eigenvalue weighted by Gasteiger charge is 2.50. The molecule has 4 unspecified atom stereocenters. The van der Waals surface area contributed by atoms with E-state index in [0.29, 0.717) is 49.1 Å². The second kappa shape index (κ2) is 12.7. The molecule has 0 spiro atoms. The van der Waals surface area contributed by atoms with Crippen molar-refractivity contribution in [2.75, 3.05) is 0 Å². The van der Waals surface area contributed by atoms with Crippen LogP contribution in [0.2, 0.25) is 0 Å². The molecule has 5 aromatic carbocycles. The third-order valence-electron chi connectivity index (χ3n) is 10.1. The number of ether oxygens (including phenoxy) is 4. The van der Waals surface area contributed by atoms with Crippen LogP contribution in [0.25, 0.3) is 0 Å². The third-order valence-corrected chi connectivity index (χ3v) is 10.1. The molecule has 244 valence electrons. The van der Waals surface area contributed by atoms with Crippen molar-refractivity contribution < 1.29 is 29.2 Å². The highest BCUT2D eigenvalue weighted by Crippen LogP contribution is 2.50. The van der Waals surface area contributed by atoms with Gasteiger partial charge in [0.05, 0.1) is 0 Å². The standard InChI is InChI=1S/C42H40O6/c43-41(31-11-5-3-6-12-31)35-23-21-33-25-37(35)47-39(41)15-9-1-2-10-16-40-42(44,32-13-7-4-8-14-32)36-24-22-34(26-38(36)48-40)46-28-30-19-17-29(18-20-30)27-45-33/h3-8,11-14,17-26,39-40,43-44H,1-2,9-10,15-16,27-28H2. The Bertz CT molecular complexity index is 1740. The van der Waals surface area contributed by atoms with Gasteiger partial charge in [-0.15, -0.1) is 0 Å². The summed E-state index contributed by atoms with van der Waals surface area (Å²) in [6.07, 6.45) is 4.27. The number of fused-ring (bicyclic) bond motifs is 9. The molecule has 6 heteroatoms. The van der Waals surface area contributed by atoms with Crippen molar-refractivity contribution in [2.24, 2.45) is 0 Å². The molecule has 4 atom stereocenters. The van der Waals surface area contributed by atoms with Crippen molar-refractivity contribution in [1.82, 2.24) is 0 Å². The first-order valence-electron chi connectivity index (χ1n) is 17.0. The summed E-state index contributed by atoms with van der Waals surface area (Å²) in [6.45, 7) is 0.805. The maximum atomic E-state index is 12.3. The fraction of sp³-hybridized carbons (Fsp3) is 0.286. The monoisotopic (exact) mass is 640 g/mol. The van der Waals surface area contributed by atoms with E-state index in [1.54, 1.807) is 0 Å². The minimum Gasteiger partial charge on any atom is -0.489 e. The fourth-order valence-electron chi connectivity index (χ4n) is 7.51. The minimum absolute atomic E-state index is 0.403. The highest BCUT2D eigenvalue weighted by molar-refractivity contribution is 5.54. The molecule has 0 saturated carbocycles. The van der Waals surface area contributed by atoms with Crippen molar-refractivity contribution in [1.29, 1.82) is 0 Å². The van der Waals surface area contributed by atoms with Crippen LogP contribution in [-0.2, 0) is 24.4 Å². The maximum Gasteiger partial charge on any atom is 0.155 e. The number of aliphatic hydroxyl groups is 2. The van der Waals surface area contributed by atoms with Gasteiger partial charge in [-0.2, -0.15) is 0 Å². The summed E-state index contributed by atoms with van der Waals surface area (Å²) < 4.78 is 25.4. The molecule has 4 aliphatic heterocycles. The molecule has 0 saturated heterocycles. The summed E-state index contributed by atoms with van der Waals surface area (Å²) in [6, 6.07) is 39.3. The molecule has 0 aromatic heterocycles. The van der Waals surface area contributed by atoms with Crippen molar-refractivity contribution in [3.05, 3.63) is 155 Å². The van der Waals surface area contributed by atoms with E-state index in [1.165, 1.54) is 0 Å². The normalized spacial score (nSPS) is 25.0. The quantitative estimate of drug-likeness (QED) is 0.203. The molecule has 9 rings (SSSR count). The van der Waals surface area contributed by atoms with E-state index in [0.717, 1.165) is 59.1 Å². The van der Waals surface area contributed by atoms with Crippen molar-refractivity contribution >= 4 is 0 Å². The van der Waals surface area contributed by atoms with Crippen LogP contribution in [0.1, 0.15) is 71.9 Å². The Hall–Kier alpha value is -4.78. The van der Waals surface area contributed by atoms with Gasteiger partial charge in [0.1, 0.15) is 48.4 Å². The van der Waals surface area contributed by atoms with Crippen LogP contribution in [-0.4, -0.2) is 22.4 Å². The summed E-state index contributed by atoms with van der Waals surface area (Å²) in [4.78, 5) is 0. The van der Waals surface area contributed by atoms with Crippen LogP contribution < -0.4 is 18.9 Å². The van der Waals surface area contributed by atoms with Crippen LogP contribution in [0.4, 0.5) is 0 Å². The molecular formula is C42H40O6. The topological polar surface area (TPSA) is 77.4 Å². The lowest BCUT2D eigenvalue weighted by molar-refractivity contribution is -0.0127. The van der Waals surface area contributed by atoms with Gasteiger partial charge in [0.2, 0.25) is 0 Å². The van der Waals surface area contributed by atoms with Crippen LogP contribution in [0, 0.1) is 0 Å². The molecule has 6 nitrogen and oxygen atoms in total. The van der Waals surface area contributed by atoms with Gasteiger partial charge in [-0.3, -0.25) is 0 Å². The van der Waals surface area contributed by atoms with Gasteiger partial charge >= 0.3 is 0 Å². The summed E-state index contributed by atoms with van der Waals surface area (Å²) in [5.41, 5.74) is 2.73. The fourth-order valence-corrected chi connectivity index (χ4v) is 7.51. The summed E-state index contributed by atoms with van der Waals surface area (Å²) >= 11 is 0. The number of hydrogen-bond acceptors (Lipinski definition) is 6. The molecule has 4 heterocycles. The van der Waals surface area contributed by atoms with Gasteiger partial charge in [0.15, 0.2) is 11.2 Å². The maximum absolute atomic E-state index is 12.3. The predicted molar refractivity (Wildman–Crippen MR) is 183 cm³/mol. The Kier molecular flexibility index (Phi) is 8.07. The van der Waals surface area contributed by atoms with Crippen LogP contribution in [0.5, 0.6) is 23.0 Å². The van der Waals surface area contributed by atoms with E-state index in [-0.39, 0.29) is 0 Å². The lowest BCUT2D eigenvalue weighted by atomic mass is 9.81. The molecule has 0 radical (unpaired) electrons. The Morgan fingerprint density at radius 2 is 0.896 bits per heavy atom. The molecule has 2 N–H and O–H groups in total. The van der Waals surface area contributed by atoms with Gasteiger partial charge in [0.25, 0.3) is 0 Å². The third kappa shape index (κ3) is 5.49. The molecule has 4 aliphatic rings. The van der Waals surface area contributed by atoms with E-state index in [4.69, 9.17) is 18.9 Å². The van der Waals surface area contributed by atoms with Gasteiger partial charge in [-0.25, -0.2) is 0 Å². The SMILES string of the molecule is OC1(c2ccccc2)c2ccc3cc2OC1CCCCCCC1Oc2cc(ccc2C1(O)c1ccccc1)OCc1ccc(cc1)CO3. The van der Waals surface area contributed by atoms with Crippen molar-refractivity contribution in [3.8, 4) is 23.0 Å². The lowest BCUT2D eigenvalue weighted by Gasteiger charge is -2.30. The Morgan fingerprint density at radius 3 is 1.31 bits per heavy atom. The van der Waals surface area contributed by atoms with E-state index in [9.17, 15) is 10.2 Å². The van der Waals surface area contributed by atoms with Gasteiger partial charge in [0, 0.05) is 23.3 Å². The summed E-state index contributed by atoms with van der Waals surface area (Å²) in [7, 11) is 0. The first-order valence-corrected chi connectivity index (χ1v) is 17.0. The van der Waals surface area contributed by atoms with E-state index >= 15 is 0 Å².